The van der Waals surface area contributed by atoms with Crippen LogP contribution in [0.1, 0.15) is 45.4 Å². The van der Waals surface area contributed by atoms with Crippen molar-refractivity contribution in [2.75, 3.05) is 5.32 Å². The zero-order chi connectivity index (χ0) is 18.8. The van der Waals surface area contributed by atoms with Crippen molar-refractivity contribution < 1.29 is 4.79 Å². The van der Waals surface area contributed by atoms with Gasteiger partial charge in [0.15, 0.2) is 5.69 Å². The van der Waals surface area contributed by atoms with E-state index in [4.69, 9.17) is 0 Å². The summed E-state index contributed by atoms with van der Waals surface area (Å²) < 4.78 is 1.73. The molecule has 0 fully saturated rings. The molecule has 1 aromatic heterocycles. The summed E-state index contributed by atoms with van der Waals surface area (Å²) >= 11 is 0. The van der Waals surface area contributed by atoms with Crippen molar-refractivity contribution in [2.45, 2.75) is 41.0 Å². The number of benzene rings is 2. The molecule has 1 heterocycles. The smallest absolute Gasteiger partial charge is 0.278 e. The van der Waals surface area contributed by atoms with Crippen LogP contribution in [0.2, 0.25) is 0 Å². The lowest BCUT2D eigenvalue weighted by molar-refractivity contribution is 0.102. The highest BCUT2D eigenvalue weighted by atomic mass is 16.2. The van der Waals surface area contributed by atoms with E-state index in [-0.39, 0.29) is 5.91 Å². The molecule has 0 atom stereocenters. The molecule has 26 heavy (non-hydrogen) atoms. The lowest BCUT2D eigenvalue weighted by atomic mass is 10.1. The fourth-order valence-corrected chi connectivity index (χ4v) is 3.09. The lowest BCUT2D eigenvalue weighted by Crippen LogP contribution is -2.16. The highest BCUT2D eigenvalue weighted by molar-refractivity contribution is 6.04. The molecular weight excluding hydrogens is 324 g/mol. The normalized spacial score (nSPS) is 10.8. The molecule has 0 aliphatic heterocycles. The molecular formula is C21H24N4O. The van der Waals surface area contributed by atoms with Gasteiger partial charge in [0, 0.05) is 5.69 Å². The van der Waals surface area contributed by atoms with Gasteiger partial charge in [-0.1, -0.05) is 42.5 Å². The monoisotopic (exact) mass is 348 g/mol. The molecule has 0 unspecified atom stereocenters. The van der Waals surface area contributed by atoms with Crippen molar-refractivity contribution >= 4 is 11.6 Å². The van der Waals surface area contributed by atoms with Crippen molar-refractivity contribution in [3.8, 4) is 5.69 Å². The molecule has 0 radical (unpaired) electrons. The van der Waals surface area contributed by atoms with Crippen molar-refractivity contribution in [2.24, 2.45) is 0 Å². The van der Waals surface area contributed by atoms with Crippen LogP contribution in [0.3, 0.4) is 0 Å². The van der Waals surface area contributed by atoms with E-state index in [9.17, 15) is 4.79 Å². The van der Waals surface area contributed by atoms with Crippen LogP contribution in [0.4, 0.5) is 5.69 Å². The zero-order valence-corrected chi connectivity index (χ0v) is 15.9. The van der Waals surface area contributed by atoms with Gasteiger partial charge in [0.2, 0.25) is 0 Å². The van der Waals surface area contributed by atoms with E-state index in [0.717, 1.165) is 45.7 Å². The van der Waals surface area contributed by atoms with Crippen molar-refractivity contribution in [1.29, 1.82) is 0 Å². The van der Waals surface area contributed by atoms with Gasteiger partial charge in [0.1, 0.15) is 0 Å². The van der Waals surface area contributed by atoms with Gasteiger partial charge in [0.25, 0.3) is 5.91 Å². The van der Waals surface area contributed by atoms with Gasteiger partial charge in [-0.2, -0.15) is 0 Å². The Morgan fingerprint density at radius 1 is 1.08 bits per heavy atom. The summed E-state index contributed by atoms with van der Waals surface area (Å²) in [6, 6.07) is 12.2. The number of aryl methyl sites for hydroxylation is 4. The minimum Gasteiger partial charge on any atom is -0.320 e. The summed E-state index contributed by atoms with van der Waals surface area (Å²) in [5, 5.41) is 11.4. The molecule has 5 nitrogen and oxygen atoms in total. The third-order valence-corrected chi connectivity index (χ3v) is 4.68. The van der Waals surface area contributed by atoms with Crippen molar-refractivity contribution in [3.63, 3.8) is 0 Å². The van der Waals surface area contributed by atoms with Crippen LogP contribution in [-0.4, -0.2) is 20.9 Å². The average molecular weight is 348 g/mol. The Balaban J connectivity index is 1.96. The van der Waals surface area contributed by atoms with E-state index in [1.807, 2.05) is 52.0 Å². The minimum atomic E-state index is -0.233. The third kappa shape index (κ3) is 3.25. The fraction of sp³-hybridized carbons (Fsp3) is 0.286. The maximum atomic E-state index is 12.8. The van der Waals surface area contributed by atoms with Crippen LogP contribution in [-0.2, 0) is 6.42 Å². The average Bonchev–Trinajstić information content (AvgIpc) is 3.00. The second-order valence-electron chi connectivity index (χ2n) is 6.64. The molecule has 3 aromatic rings. The number of carbonyl (C=O) groups is 1. The lowest BCUT2D eigenvalue weighted by Gasteiger charge is -2.12. The molecule has 0 saturated carbocycles. The van der Waals surface area contributed by atoms with Gasteiger partial charge in [0.05, 0.1) is 11.4 Å². The first kappa shape index (κ1) is 17.9. The van der Waals surface area contributed by atoms with Crippen LogP contribution < -0.4 is 5.32 Å². The molecule has 134 valence electrons. The number of hydrogen-bond donors (Lipinski definition) is 1. The Bertz CT molecular complexity index is 972. The van der Waals surface area contributed by atoms with Crippen LogP contribution in [0.5, 0.6) is 0 Å². The van der Waals surface area contributed by atoms with Crippen LogP contribution in [0, 0.1) is 27.7 Å². The SMILES string of the molecule is CCc1cccc(C)c1NC(=O)c1nnn(-c2cc(C)ccc2C)c1C. The first-order valence-corrected chi connectivity index (χ1v) is 8.82. The molecule has 0 saturated heterocycles. The first-order valence-electron chi connectivity index (χ1n) is 8.82. The number of rotatable bonds is 4. The summed E-state index contributed by atoms with van der Waals surface area (Å²) in [4.78, 5) is 12.8. The molecule has 3 rings (SSSR count). The summed E-state index contributed by atoms with van der Waals surface area (Å²) in [5.74, 6) is -0.233. The Morgan fingerprint density at radius 2 is 1.85 bits per heavy atom. The highest BCUT2D eigenvalue weighted by Gasteiger charge is 2.19. The number of nitrogens with zero attached hydrogens (tertiary/aromatic N) is 3. The van der Waals surface area contributed by atoms with E-state index in [0.29, 0.717) is 5.69 Å². The molecule has 5 heteroatoms. The number of hydrogen-bond acceptors (Lipinski definition) is 3. The number of carbonyl (C=O) groups excluding carboxylic acids is 1. The van der Waals surface area contributed by atoms with Crippen LogP contribution >= 0.6 is 0 Å². The van der Waals surface area contributed by atoms with Crippen LogP contribution in [0.15, 0.2) is 36.4 Å². The van der Waals surface area contributed by atoms with E-state index in [1.54, 1.807) is 4.68 Å². The van der Waals surface area contributed by atoms with Gasteiger partial charge in [-0.3, -0.25) is 4.79 Å². The predicted molar refractivity (Wildman–Crippen MR) is 104 cm³/mol. The maximum Gasteiger partial charge on any atom is 0.278 e. The Hall–Kier alpha value is -2.95. The molecule has 1 N–H and O–H groups in total. The number of anilines is 1. The number of aromatic nitrogens is 3. The minimum absolute atomic E-state index is 0.233. The fourth-order valence-electron chi connectivity index (χ4n) is 3.09. The molecule has 0 bridgehead atoms. The third-order valence-electron chi connectivity index (χ3n) is 4.68. The second-order valence-corrected chi connectivity index (χ2v) is 6.64. The summed E-state index contributed by atoms with van der Waals surface area (Å²) in [7, 11) is 0. The second kappa shape index (κ2) is 7.12. The zero-order valence-electron chi connectivity index (χ0n) is 15.9. The van der Waals surface area contributed by atoms with Crippen molar-refractivity contribution in [1.82, 2.24) is 15.0 Å². The van der Waals surface area contributed by atoms with E-state index in [2.05, 4.69) is 34.7 Å². The van der Waals surface area contributed by atoms with Gasteiger partial charge >= 0.3 is 0 Å². The van der Waals surface area contributed by atoms with E-state index >= 15 is 0 Å². The van der Waals surface area contributed by atoms with E-state index < -0.39 is 0 Å². The summed E-state index contributed by atoms with van der Waals surface area (Å²) in [6.45, 7) is 10.0. The Labute approximate surface area is 154 Å². The first-order chi connectivity index (χ1) is 12.4. The predicted octanol–water partition coefficient (Wildman–Crippen LogP) is 4.32. The Morgan fingerprint density at radius 3 is 2.58 bits per heavy atom. The Kier molecular flexibility index (Phi) is 4.89. The highest BCUT2D eigenvalue weighted by Crippen LogP contribution is 2.23. The number of para-hydroxylation sites is 1. The van der Waals surface area contributed by atoms with Gasteiger partial charge in [-0.25, -0.2) is 4.68 Å². The van der Waals surface area contributed by atoms with Gasteiger partial charge < -0.3 is 5.32 Å². The number of amides is 1. The topological polar surface area (TPSA) is 59.8 Å². The quantitative estimate of drug-likeness (QED) is 0.764. The molecule has 0 aliphatic carbocycles. The summed E-state index contributed by atoms with van der Waals surface area (Å²) in [6.07, 6.45) is 0.853. The van der Waals surface area contributed by atoms with Crippen molar-refractivity contribution in [3.05, 3.63) is 70.0 Å². The number of nitrogens with one attached hydrogen (secondary N) is 1. The molecule has 1 amide bonds. The molecule has 0 spiro atoms. The molecule has 0 aliphatic rings. The van der Waals surface area contributed by atoms with Gasteiger partial charge in [-0.05, 0) is 62.4 Å². The van der Waals surface area contributed by atoms with Gasteiger partial charge in [-0.15, -0.1) is 5.10 Å². The molecule has 2 aromatic carbocycles. The standard InChI is InChI=1S/C21H24N4O/c1-6-17-9-7-8-15(4)19(17)22-21(26)20-16(5)25(24-23-20)18-12-13(2)10-11-14(18)3/h7-12H,6H2,1-5H3,(H,22,26). The maximum absolute atomic E-state index is 12.8. The van der Waals surface area contributed by atoms with E-state index in [1.165, 1.54) is 0 Å². The van der Waals surface area contributed by atoms with Crippen LogP contribution in [0.25, 0.3) is 5.69 Å². The summed E-state index contributed by atoms with van der Waals surface area (Å²) in [5.41, 5.74) is 7.25. The largest absolute Gasteiger partial charge is 0.320 e.